The molecule has 6 nitrogen and oxygen atoms in total. The van der Waals surface area contributed by atoms with E-state index in [0.29, 0.717) is 0 Å². The molecule has 1 atom stereocenters. The molecule has 0 spiro atoms. The molecule has 0 bridgehead atoms. The topological polar surface area (TPSA) is 67.3 Å². The molecule has 1 heterocycles. The summed E-state index contributed by atoms with van der Waals surface area (Å²) in [5.74, 6) is -0.232. The van der Waals surface area contributed by atoms with Gasteiger partial charge in [-0.1, -0.05) is 26.0 Å². The first-order valence-electron chi connectivity index (χ1n) is 10.9. The summed E-state index contributed by atoms with van der Waals surface area (Å²) in [6.07, 6.45) is -1.38. The molecule has 0 fully saturated rings. The van der Waals surface area contributed by atoms with E-state index < -0.39 is 17.7 Å². The Morgan fingerprint density at radius 1 is 1.22 bits per heavy atom. The van der Waals surface area contributed by atoms with Gasteiger partial charge in [-0.25, -0.2) is 14.8 Å². The summed E-state index contributed by atoms with van der Waals surface area (Å²) in [6, 6.07) is 4.79. The van der Waals surface area contributed by atoms with Gasteiger partial charge in [0.15, 0.2) is 5.82 Å². The van der Waals surface area contributed by atoms with Crippen molar-refractivity contribution in [3.8, 4) is 11.4 Å². The van der Waals surface area contributed by atoms with Gasteiger partial charge in [-0.15, -0.1) is 0 Å². The molecule has 1 N–H and O–H groups in total. The molecule has 0 radical (unpaired) electrons. The molecular formula is C23H31F3N4O2. The SMILES string of the molecule is CCOC(=O)c1cnc(-c2cccc(C(F)(F)F)c2)nc1N[C@@H](C)CCCN(CC)CC. The van der Waals surface area contributed by atoms with Crippen molar-refractivity contribution in [3.05, 3.63) is 41.6 Å². The number of rotatable bonds is 11. The van der Waals surface area contributed by atoms with Crippen molar-refractivity contribution in [2.24, 2.45) is 0 Å². The lowest BCUT2D eigenvalue weighted by molar-refractivity contribution is -0.137. The van der Waals surface area contributed by atoms with Gasteiger partial charge in [0, 0.05) is 17.8 Å². The molecule has 0 saturated heterocycles. The highest BCUT2D eigenvalue weighted by Gasteiger charge is 2.30. The first-order chi connectivity index (χ1) is 15.2. The molecule has 2 aromatic rings. The highest BCUT2D eigenvalue weighted by atomic mass is 19.4. The van der Waals surface area contributed by atoms with E-state index in [2.05, 4.69) is 34.0 Å². The maximum Gasteiger partial charge on any atom is 0.416 e. The molecule has 0 aliphatic heterocycles. The lowest BCUT2D eigenvalue weighted by Crippen LogP contribution is -2.26. The van der Waals surface area contributed by atoms with Crippen molar-refractivity contribution in [1.82, 2.24) is 14.9 Å². The second-order valence-corrected chi connectivity index (χ2v) is 7.47. The van der Waals surface area contributed by atoms with Crippen LogP contribution in [0.1, 0.15) is 56.5 Å². The third-order valence-electron chi connectivity index (χ3n) is 5.12. The maximum absolute atomic E-state index is 13.1. The second kappa shape index (κ2) is 11.8. The zero-order valence-electron chi connectivity index (χ0n) is 19.0. The van der Waals surface area contributed by atoms with E-state index in [4.69, 9.17) is 4.74 Å². The highest BCUT2D eigenvalue weighted by Crippen LogP contribution is 2.31. The molecule has 0 saturated carbocycles. The van der Waals surface area contributed by atoms with E-state index >= 15 is 0 Å². The quantitative estimate of drug-likeness (QED) is 0.469. The number of benzene rings is 1. The van der Waals surface area contributed by atoms with Crippen molar-refractivity contribution >= 4 is 11.8 Å². The molecule has 0 amide bonds. The van der Waals surface area contributed by atoms with Gasteiger partial charge < -0.3 is 15.0 Å². The van der Waals surface area contributed by atoms with Gasteiger partial charge in [0.1, 0.15) is 11.4 Å². The van der Waals surface area contributed by atoms with Crippen LogP contribution in [0.15, 0.2) is 30.5 Å². The number of carbonyl (C=O) groups excluding carboxylic acids is 1. The van der Waals surface area contributed by atoms with Crippen LogP contribution < -0.4 is 5.32 Å². The van der Waals surface area contributed by atoms with E-state index in [1.54, 1.807) is 6.92 Å². The fourth-order valence-electron chi connectivity index (χ4n) is 3.29. The number of esters is 1. The van der Waals surface area contributed by atoms with Crippen LogP contribution in [-0.4, -0.2) is 53.1 Å². The van der Waals surface area contributed by atoms with Crippen molar-refractivity contribution in [2.45, 2.75) is 52.8 Å². The van der Waals surface area contributed by atoms with Crippen LogP contribution in [-0.2, 0) is 10.9 Å². The minimum atomic E-state index is -4.47. The summed E-state index contributed by atoms with van der Waals surface area (Å²) in [7, 11) is 0. The average molecular weight is 453 g/mol. The van der Waals surface area contributed by atoms with Crippen molar-refractivity contribution < 1.29 is 22.7 Å². The lowest BCUT2D eigenvalue weighted by atomic mass is 10.1. The Morgan fingerprint density at radius 3 is 2.56 bits per heavy atom. The minimum Gasteiger partial charge on any atom is -0.462 e. The zero-order valence-corrected chi connectivity index (χ0v) is 19.0. The van der Waals surface area contributed by atoms with E-state index in [1.165, 1.54) is 18.3 Å². The number of alkyl halides is 3. The van der Waals surface area contributed by atoms with E-state index in [1.807, 2.05) is 6.92 Å². The fourth-order valence-corrected chi connectivity index (χ4v) is 3.29. The summed E-state index contributed by atoms with van der Waals surface area (Å²) < 4.78 is 44.4. The smallest absolute Gasteiger partial charge is 0.416 e. The predicted molar refractivity (Wildman–Crippen MR) is 119 cm³/mol. The number of nitrogens with zero attached hydrogens (tertiary/aromatic N) is 3. The van der Waals surface area contributed by atoms with Crippen LogP contribution >= 0.6 is 0 Å². The van der Waals surface area contributed by atoms with Gasteiger partial charge >= 0.3 is 12.1 Å². The number of hydrogen-bond donors (Lipinski definition) is 1. The second-order valence-electron chi connectivity index (χ2n) is 7.47. The molecule has 0 aliphatic carbocycles. The number of halogens is 3. The van der Waals surface area contributed by atoms with Gasteiger partial charge in [0.05, 0.1) is 12.2 Å². The van der Waals surface area contributed by atoms with Crippen molar-refractivity contribution in [2.75, 3.05) is 31.6 Å². The van der Waals surface area contributed by atoms with Gasteiger partial charge in [0.2, 0.25) is 0 Å². The third kappa shape index (κ3) is 7.19. The summed E-state index contributed by atoms with van der Waals surface area (Å²) in [5, 5.41) is 3.22. The first-order valence-corrected chi connectivity index (χ1v) is 10.9. The molecular weight excluding hydrogens is 421 g/mol. The van der Waals surface area contributed by atoms with Crippen LogP contribution in [0.4, 0.5) is 19.0 Å². The molecule has 1 aromatic heterocycles. The Labute approximate surface area is 187 Å². The standard InChI is InChI=1S/C23H31F3N4O2/c1-5-30(6-2)13-9-10-16(4)28-21-19(22(31)32-7-3)15-27-20(29-21)17-11-8-12-18(14-17)23(24,25)26/h8,11-12,14-16H,5-7,9-10,13H2,1-4H3,(H,27,28,29)/t16-/m0/s1. The van der Waals surface area contributed by atoms with Crippen molar-refractivity contribution in [3.63, 3.8) is 0 Å². The van der Waals surface area contributed by atoms with Crippen LogP contribution in [0.3, 0.4) is 0 Å². The summed E-state index contributed by atoms with van der Waals surface area (Å²) in [5.41, 5.74) is -0.419. The Bertz CT molecular complexity index is 886. The monoisotopic (exact) mass is 452 g/mol. The summed E-state index contributed by atoms with van der Waals surface area (Å²) >= 11 is 0. The van der Waals surface area contributed by atoms with Crippen LogP contribution in [0.2, 0.25) is 0 Å². The number of ether oxygens (including phenoxy) is 1. The Hall–Kier alpha value is -2.68. The summed E-state index contributed by atoms with van der Waals surface area (Å²) in [4.78, 5) is 23.2. The number of carbonyl (C=O) groups is 1. The fraction of sp³-hybridized carbons (Fsp3) is 0.522. The summed E-state index contributed by atoms with van der Waals surface area (Å²) in [6.45, 7) is 11.0. The van der Waals surface area contributed by atoms with Crippen molar-refractivity contribution in [1.29, 1.82) is 0 Å². The number of aromatic nitrogens is 2. The van der Waals surface area contributed by atoms with E-state index in [9.17, 15) is 18.0 Å². The van der Waals surface area contributed by atoms with Gasteiger partial charge in [-0.2, -0.15) is 13.2 Å². The average Bonchev–Trinajstić information content (AvgIpc) is 2.76. The predicted octanol–water partition coefficient (Wildman–Crippen LogP) is 5.26. The molecule has 2 rings (SSSR count). The zero-order chi connectivity index (χ0) is 23.7. The van der Waals surface area contributed by atoms with Gasteiger partial charge in [-0.05, 0) is 58.5 Å². The molecule has 0 aliphatic rings. The Morgan fingerprint density at radius 2 is 1.94 bits per heavy atom. The maximum atomic E-state index is 13.1. The molecule has 0 unspecified atom stereocenters. The molecule has 32 heavy (non-hydrogen) atoms. The number of hydrogen-bond acceptors (Lipinski definition) is 6. The van der Waals surface area contributed by atoms with E-state index in [-0.39, 0.29) is 35.4 Å². The minimum absolute atomic E-state index is 0.0111. The normalized spacial score (nSPS) is 12.6. The third-order valence-corrected chi connectivity index (χ3v) is 5.12. The van der Waals surface area contributed by atoms with Gasteiger partial charge in [-0.3, -0.25) is 0 Å². The van der Waals surface area contributed by atoms with Crippen LogP contribution in [0, 0.1) is 0 Å². The van der Waals surface area contributed by atoms with Gasteiger partial charge in [0.25, 0.3) is 0 Å². The lowest BCUT2D eigenvalue weighted by Gasteiger charge is -2.21. The Kier molecular flexibility index (Phi) is 9.43. The number of anilines is 1. The molecule has 176 valence electrons. The number of nitrogens with one attached hydrogen (secondary N) is 1. The highest BCUT2D eigenvalue weighted by molar-refractivity contribution is 5.94. The largest absolute Gasteiger partial charge is 0.462 e. The van der Waals surface area contributed by atoms with Crippen LogP contribution in [0.5, 0.6) is 0 Å². The molecule has 9 heteroatoms. The Balaban J connectivity index is 2.27. The first kappa shape index (κ1) is 25.6. The van der Waals surface area contributed by atoms with Crippen LogP contribution in [0.25, 0.3) is 11.4 Å². The molecule has 1 aromatic carbocycles. The van der Waals surface area contributed by atoms with E-state index in [0.717, 1.165) is 44.6 Å².